The summed E-state index contributed by atoms with van der Waals surface area (Å²) in [5.41, 5.74) is 2.33. The predicted octanol–water partition coefficient (Wildman–Crippen LogP) is 4.58. The fraction of sp³-hybridized carbons (Fsp3) is 0.414. The van der Waals surface area contributed by atoms with E-state index in [1.807, 2.05) is 18.2 Å². The molecule has 8 nitrogen and oxygen atoms in total. The number of carbonyl (C=O) groups excluding carboxylic acids is 3. The van der Waals surface area contributed by atoms with E-state index in [2.05, 4.69) is 15.6 Å². The first kappa shape index (κ1) is 24.9. The van der Waals surface area contributed by atoms with Gasteiger partial charge in [0.1, 0.15) is 0 Å². The molecule has 3 amide bonds. The summed E-state index contributed by atoms with van der Waals surface area (Å²) in [6, 6.07) is 12.0. The Morgan fingerprint density at radius 3 is 2.37 bits per heavy atom. The van der Waals surface area contributed by atoms with Crippen LogP contribution in [-0.4, -0.2) is 53.5 Å². The highest BCUT2D eigenvalue weighted by Gasteiger charge is 2.49. The Kier molecular flexibility index (Phi) is 6.61. The maximum Gasteiger partial charge on any atom is 0.251 e. The molecule has 0 radical (unpaired) electrons. The number of piperidine rings is 1. The first-order valence-electron chi connectivity index (χ1n) is 13.3. The highest BCUT2D eigenvalue weighted by atomic mass is 35.5. The van der Waals surface area contributed by atoms with Crippen molar-refractivity contribution in [1.82, 2.24) is 15.6 Å². The van der Waals surface area contributed by atoms with Crippen LogP contribution < -0.4 is 15.5 Å². The number of anilines is 1. The van der Waals surface area contributed by atoms with Gasteiger partial charge in [-0.3, -0.25) is 14.4 Å². The molecular formula is C29H31ClN4O4. The maximum atomic E-state index is 13.2. The molecule has 198 valence electrons. The molecule has 1 aromatic heterocycles. The number of halogens is 1. The normalized spacial score (nSPS) is 25.3. The average molecular weight is 535 g/mol. The summed E-state index contributed by atoms with van der Waals surface area (Å²) in [6.07, 6.45) is 7.36. The quantitative estimate of drug-likeness (QED) is 0.446. The second-order valence-electron chi connectivity index (χ2n) is 10.6. The summed E-state index contributed by atoms with van der Waals surface area (Å²) in [5, 5.41) is 7.79. The van der Waals surface area contributed by atoms with Crippen LogP contribution in [0.2, 0.25) is 5.02 Å². The number of aromatic nitrogens is 1. The zero-order valence-corrected chi connectivity index (χ0v) is 21.9. The number of rotatable bonds is 5. The van der Waals surface area contributed by atoms with Gasteiger partial charge in [0, 0.05) is 53.5 Å². The molecule has 0 bridgehead atoms. The van der Waals surface area contributed by atoms with Gasteiger partial charge >= 0.3 is 0 Å². The molecule has 2 saturated heterocycles. The van der Waals surface area contributed by atoms with Crippen LogP contribution >= 0.6 is 11.6 Å². The lowest BCUT2D eigenvalue weighted by molar-refractivity contribution is -0.119. The van der Waals surface area contributed by atoms with E-state index in [-0.39, 0.29) is 35.4 Å². The smallest absolute Gasteiger partial charge is 0.251 e. The number of nitrogens with zero attached hydrogens (tertiary/aromatic N) is 1. The number of nitrogens with one attached hydrogen (secondary N) is 3. The van der Waals surface area contributed by atoms with E-state index in [1.165, 1.54) is 0 Å². The van der Waals surface area contributed by atoms with Gasteiger partial charge in [-0.15, -0.1) is 0 Å². The number of hydrogen-bond acceptors (Lipinski definition) is 4. The zero-order valence-electron chi connectivity index (χ0n) is 21.1. The summed E-state index contributed by atoms with van der Waals surface area (Å²) in [6.45, 7) is 1.40. The number of H-pyrrole nitrogens is 1. The molecule has 3 atom stereocenters. The summed E-state index contributed by atoms with van der Waals surface area (Å²) < 4.78 is 6.13. The summed E-state index contributed by atoms with van der Waals surface area (Å²) >= 11 is 6.18. The SMILES string of the molecule is O=C(N[C@H]1CC2(CCCO2)C[C@H]1NC(=O)c1ccc2c(Cl)c[nH]c2c1)c1ccc(N2CCCCC2=O)cc1. The molecule has 38 heavy (non-hydrogen) atoms. The van der Waals surface area contributed by atoms with Gasteiger partial charge in [0.15, 0.2) is 0 Å². The fourth-order valence-corrected chi connectivity index (χ4v) is 6.38. The minimum atomic E-state index is -0.328. The molecule has 3 N–H and O–H groups in total. The Hall–Kier alpha value is -3.36. The number of aromatic amines is 1. The van der Waals surface area contributed by atoms with E-state index in [0.717, 1.165) is 42.3 Å². The van der Waals surface area contributed by atoms with Crippen molar-refractivity contribution in [1.29, 1.82) is 0 Å². The van der Waals surface area contributed by atoms with E-state index in [0.29, 0.717) is 48.6 Å². The first-order valence-corrected chi connectivity index (χ1v) is 13.7. The number of amides is 3. The van der Waals surface area contributed by atoms with Crippen molar-refractivity contribution in [3.8, 4) is 0 Å². The predicted molar refractivity (Wildman–Crippen MR) is 146 cm³/mol. The lowest BCUT2D eigenvalue weighted by atomic mass is 9.98. The maximum absolute atomic E-state index is 13.2. The van der Waals surface area contributed by atoms with Gasteiger partial charge < -0.3 is 25.3 Å². The third kappa shape index (κ3) is 4.78. The molecule has 1 aliphatic carbocycles. The van der Waals surface area contributed by atoms with Crippen molar-refractivity contribution >= 4 is 45.9 Å². The lowest BCUT2D eigenvalue weighted by Crippen LogP contribution is -2.48. The van der Waals surface area contributed by atoms with Gasteiger partial charge in [-0.1, -0.05) is 17.7 Å². The van der Waals surface area contributed by atoms with Crippen molar-refractivity contribution in [2.75, 3.05) is 18.1 Å². The Labute approximate surface area is 226 Å². The molecule has 2 aromatic carbocycles. The highest BCUT2D eigenvalue weighted by Crippen LogP contribution is 2.41. The third-order valence-electron chi connectivity index (χ3n) is 8.15. The van der Waals surface area contributed by atoms with Gasteiger partial charge in [0.05, 0.1) is 22.7 Å². The summed E-state index contributed by atoms with van der Waals surface area (Å²) in [4.78, 5) is 43.6. The summed E-state index contributed by atoms with van der Waals surface area (Å²) in [5.74, 6) is -0.283. The van der Waals surface area contributed by atoms with E-state index in [1.54, 1.807) is 35.4 Å². The van der Waals surface area contributed by atoms with Gasteiger partial charge in [-0.25, -0.2) is 0 Å². The van der Waals surface area contributed by atoms with Crippen molar-refractivity contribution < 1.29 is 19.1 Å². The van der Waals surface area contributed by atoms with Crippen molar-refractivity contribution in [3.63, 3.8) is 0 Å². The lowest BCUT2D eigenvalue weighted by Gasteiger charge is -2.27. The molecular weight excluding hydrogens is 504 g/mol. The van der Waals surface area contributed by atoms with E-state index >= 15 is 0 Å². The van der Waals surface area contributed by atoms with Crippen molar-refractivity contribution in [2.45, 2.75) is 62.6 Å². The largest absolute Gasteiger partial charge is 0.375 e. The van der Waals surface area contributed by atoms with Crippen LogP contribution in [0.3, 0.4) is 0 Å². The minimum Gasteiger partial charge on any atom is -0.375 e. The van der Waals surface area contributed by atoms with Crippen LogP contribution in [0.5, 0.6) is 0 Å². The third-order valence-corrected chi connectivity index (χ3v) is 8.46. The summed E-state index contributed by atoms with van der Waals surface area (Å²) in [7, 11) is 0. The number of benzene rings is 2. The van der Waals surface area contributed by atoms with Gasteiger partial charge in [-0.2, -0.15) is 0 Å². The Morgan fingerprint density at radius 2 is 1.68 bits per heavy atom. The molecule has 9 heteroatoms. The molecule has 1 saturated carbocycles. The standard InChI is InChI=1S/C29H31ClN4O4/c30-22-17-31-23-14-19(7-10-21(22)23)28(37)33-25-16-29(11-3-13-38-29)15-24(25)32-27(36)18-5-8-20(9-6-18)34-12-2-1-4-26(34)35/h5-10,14,17,24-25,31H,1-4,11-13,15-16H2,(H,32,36)(H,33,37)/t24-,25+,29?/m0/s1. The Bertz CT molecular complexity index is 1380. The molecule has 3 fully saturated rings. The average Bonchev–Trinajstić information content (AvgIpc) is 3.63. The van der Waals surface area contributed by atoms with Crippen LogP contribution in [0.1, 0.15) is 65.7 Å². The number of fused-ring (bicyclic) bond motifs is 1. The molecule has 2 aliphatic heterocycles. The minimum absolute atomic E-state index is 0.123. The van der Waals surface area contributed by atoms with Crippen LogP contribution in [-0.2, 0) is 9.53 Å². The first-order chi connectivity index (χ1) is 18.4. The Morgan fingerprint density at radius 1 is 0.974 bits per heavy atom. The van der Waals surface area contributed by atoms with Crippen molar-refractivity contribution in [3.05, 3.63) is 64.8 Å². The van der Waals surface area contributed by atoms with Gasteiger partial charge in [0.25, 0.3) is 11.8 Å². The zero-order chi connectivity index (χ0) is 26.3. The van der Waals surface area contributed by atoms with E-state index in [9.17, 15) is 14.4 Å². The molecule has 3 aromatic rings. The topological polar surface area (TPSA) is 104 Å². The van der Waals surface area contributed by atoms with Crippen molar-refractivity contribution in [2.24, 2.45) is 0 Å². The van der Waals surface area contributed by atoms with Gasteiger partial charge in [-0.05, 0) is 74.9 Å². The molecule has 3 aliphatic rings. The van der Waals surface area contributed by atoms with Crippen LogP contribution in [0.15, 0.2) is 48.7 Å². The van der Waals surface area contributed by atoms with Gasteiger partial charge in [0.2, 0.25) is 5.91 Å². The Balaban J connectivity index is 1.17. The fourth-order valence-electron chi connectivity index (χ4n) is 6.16. The van der Waals surface area contributed by atoms with Crippen LogP contribution in [0.4, 0.5) is 5.69 Å². The highest BCUT2D eigenvalue weighted by molar-refractivity contribution is 6.35. The number of carbonyl (C=O) groups is 3. The molecule has 1 spiro atoms. The number of hydrogen-bond donors (Lipinski definition) is 3. The van der Waals surface area contributed by atoms with Crippen LogP contribution in [0, 0.1) is 0 Å². The second-order valence-corrected chi connectivity index (χ2v) is 11.1. The molecule has 1 unspecified atom stereocenters. The number of ether oxygens (including phenoxy) is 1. The molecule has 6 rings (SSSR count). The second kappa shape index (κ2) is 10.1. The molecule has 3 heterocycles. The van der Waals surface area contributed by atoms with E-state index < -0.39 is 0 Å². The van der Waals surface area contributed by atoms with E-state index in [4.69, 9.17) is 16.3 Å². The van der Waals surface area contributed by atoms with Crippen LogP contribution in [0.25, 0.3) is 10.9 Å². The monoisotopic (exact) mass is 534 g/mol.